The minimum absolute atomic E-state index is 0.115. The third kappa shape index (κ3) is 2.66. The average molecular weight is 293 g/mol. The maximum Gasteiger partial charge on any atom is 0.329 e. The summed E-state index contributed by atoms with van der Waals surface area (Å²) in [5, 5.41) is 16.6. The highest BCUT2D eigenvalue weighted by atomic mass is 16.4. The topological polar surface area (TPSA) is 86.3 Å². The number of carboxylic acids is 1. The Morgan fingerprint density at radius 3 is 2.67 bits per heavy atom. The smallest absolute Gasteiger partial charge is 0.329 e. The van der Waals surface area contributed by atoms with Crippen LogP contribution in [0.2, 0.25) is 0 Å². The van der Waals surface area contributed by atoms with E-state index >= 15 is 0 Å². The van der Waals surface area contributed by atoms with Gasteiger partial charge in [0.1, 0.15) is 5.54 Å². The lowest BCUT2D eigenvalue weighted by Crippen LogP contribution is -2.53. The zero-order valence-electron chi connectivity index (χ0n) is 12.9. The van der Waals surface area contributed by atoms with Gasteiger partial charge < -0.3 is 10.0 Å². The van der Waals surface area contributed by atoms with Crippen molar-refractivity contribution in [3.05, 3.63) is 17.0 Å². The number of aryl methyl sites for hydroxylation is 2. The van der Waals surface area contributed by atoms with Crippen LogP contribution in [0.4, 0.5) is 0 Å². The lowest BCUT2D eigenvalue weighted by Gasteiger charge is -2.34. The molecule has 6 heteroatoms. The van der Waals surface area contributed by atoms with Crippen molar-refractivity contribution in [2.45, 2.75) is 58.4 Å². The first kappa shape index (κ1) is 15.5. The Morgan fingerprint density at radius 1 is 1.43 bits per heavy atom. The van der Waals surface area contributed by atoms with Gasteiger partial charge in [-0.15, -0.1) is 0 Å². The fourth-order valence-electron chi connectivity index (χ4n) is 3.33. The van der Waals surface area contributed by atoms with Gasteiger partial charge in [-0.1, -0.05) is 13.3 Å². The molecule has 1 aliphatic rings. The molecule has 0 bridgehead atoms. The number of nitrogens with zero attached hydrogens (tertiary/aromatic N) is 2. The van der Waals surface area contributed by atoms with Crippen LogP contribution >= 0.6 is 0 Å². The molecule has 2 rings (SSSR count). The molecule has 0 aliphatic carbocycles. The SMILES string of the molecule is CCCC1(C(=O)O)CCCN1C(=O)Cc1c(C)n[nH]c1C. The Balaban J connectivity index is 2.23. The number of rotatable bonds is 5. The van der Waals surface area contributed by atoms with E-state index < -0.39 is 11.5 Å². The molecule has 1 saturated heterocycles. The summed E-state index contributed by atoms with van der Waals surface area (Å²) in [4.78, 5) is 26.0. The van der Waals surface area contributed by atoms with Crippen molar-refractivity contribution < 1.29 is 14.7 Å². The van der Waals surface area contributed by atoms with Gasteiger partial charge in [0.15, 0.2) is 0 Å². The van der Waals surface area contributed by atoms with Crippen LogP contribution in [0.15, 0.2) is 0 Å². The maximum absolute atomic E-state index is 12.6. The standard InChI is InChI=1S/C15H23N3O3/c1-4-6-15(14(20)21)7-5-8-18(15)13(19)9-12-10(2)16-17-11(12)3/h4-9H2,1-3H3,(H,16,17)(H,20,21). The zero-order valence-corrected chi connectivity index (χ0v) is 12.9. The molecule has 1 aromatic heterocycles. The lowest BCUT2D eigenvalue weighted by molar-refractivity contribution is -0.156. The van der Waals surface area contributed by atoms with Crippen molar-refractivity contribution in [2.75, 3.05) is 6.54 Å². The van der Waals surface area contributed by atoms with Crippen LogP contribution in [-0.2, 0) is 16.0 Å². The number of likely N-dealkylation sites (tertiary alicyclic amines) is 1. The normalized spacial score (nSPS) is 21.8. The van der Waals surface area contributed by atoms with Gasteiger partial charge >= 0.3 is 5.97 Å². The second kappa shape index (κ2) is 5.87. The second-order valence-electron chi connectivity index (χ2n) is 5.83. The van der Waals surface area contributed by atoms with E-state index in [1.54, 1.807) is 4.90 Å². The largest absolute Gasteiger partial charge is 0.479 e. The Morgan fingerprint density at radius 2 is 2.14 bits per heavy atom. The summed E-state index contributed by atoms with van der Waals surface area (Å²) in [5.41, 5.74) is 1.54. The van der Waals surface area contributed by atoms with E-state index in [4.69, 9.17) is 0 Å². The molecule has 0 saturated carbocycles. The number of carboxylic acid groups (broad SMARTS) is 1. The molecule has 1 fully saturated rings. The van der Waals surface area contributed by atoms with Crippen LogP contribution in [0, 0.1) is 13.8 Å². The summed E-state index contributed by atoms with van der Waals surface area (Å²) in [6.07, 6.45) is 2.77. The monoisotopic (exact) mass is 293 g/mol. The highest BCUT2D eigenvalue weighted by molar-refractivity contribution is 5.89. The summed E-state index contributed by atoms with van der Waals surface area (Å²) in [5.74, 6) is -0.994. The number of hydrogen-bond acceptors (Lipinski definition) is 3. The molecule has 116 valence electrons. The van der Waals surface area contributed by atoms with Crippen LogP contribution in [0.25, 0.3) is 0 Å². The van der Waals surface area contributed by atoms with Crippen LogP contribution in [0.1, 0.15) is 49.6 Å². The van der Waals surface area contributed by atoms with Gasteiger partial charge in [0.2, 0.25) is 5.91 Å². The van der Waals surface area contributed by atoms with E-state index in [0.717, 1.165) is 29.8 Å². The molecular formula is C15H23N3O3. The Labute approximate surface area is 124 Å². The molecule has 0 aromatic carbocycles. The third-order valence-electron chi connectivity index (χ3n) is 4.46. The number of aromatic nitrogens is 2. The van der Waals surface area contributed by atoms with Crippen LogP contribution < -0.4 is 0 Å². The van der Waals surface area contributed by atoms with E-state index in [2.05, 4.69) is 10.2 Å². The van der Waals surface area contributed by atoms with Gasteiger partial charge in [0, 0.05) is 17.8 Å². The number of amides is 1. The van der Waals surface area contributed by atoms with E-state index in [1.165, 1.54) is 0 Å². The summed E-state index contributed by atoms with van der Waals surface area (Å²) in [6.45, 7) is 6.22. The van der Waals surface area contributed by atoms with Crippen molar-refractivity contribution in [3.63, 3.8) is 0 Å². The predicted octanol–water partition coefficient (Wildman–Crippen LogP) is 1.81. The highest BCUT2D eigenvalue weighted by Crippen LogP contribution is 2.34. The van der Waals surface area contributed by atoms with Gasteiger partial charge in [-0.2, -0.15) is 5.10 Å². The molecule has 0 spiro atoms. The number of aliphatic carboxylic acids is 1. The minimum Gasteiger partial charge on any atom is -0.479 e. The fraction of sp³-hybridized carbons (Fsp3) is 0.667. The van der Waals surface area contributed by atoms with Gasteiger partial charge in [0.05, 0.1) is 12.1 Å². The van der Waals surface area contributed by atoms with Crippen LogP contribution in [0.5, 0.6) is 0 Å². The number of hydrogen-bond donors (Lipinski definition) is 2. The van der Waals surface area contributed by atoms with Crippen LogP contribution in [-0.4, -0.2) is 44.2 Å². The summed E-state index contributed by atoms with van der Waals surface area (Å²) in [7, 11) is 0. The summed E-state index contributed by atoms with van der Waals surface area (Å²) in [6, 6.07) is 0. The van der Waals surface area contributed by atoms with Crippen molar-refractivity contribution >= 4 is 11.9 Å². The number of H-pyrrole nitrogens is 1. The maximum atomic E-state index is 12.6. The van der Waals surface area contributed by atoms with Gasteiger partial charge in [-0.05, 0) is 33.1 Å². The fourth-order valence-corrected chi connectivity index (χ4v) is 3.33. The summed E-state index contributed by atoms with van der Waals surface area (Å²) >= 11 is 0. The molecule has 1 atom stereocenters. The molecule has 2 N–H and O–H groups in total. The number of nitrogens with one attached hydrogen (secondary N) is 1. The number of aromatic amines is 1. The van der Waals surface area contributed by atoms with Crippen LogP contribution in [0.3, 0.4) is 0 Å². The second-order valence-corrected chi connectivity index (χ2v) is 5.83. The molecule has 1 aliphatic heterocycles. The average Bonchev–Trinajstić information content (AvgIpc) is 2.98. The minimum atomic E-state index is -1.02. The lowest BCUT2D eigenvalue weighted by atomic mass is 9.90. The van der Waals surface area contributed by atoms with Gasteiger partial charge in [-0.3, -0.25) is 9.89 Å². The van der Waals surface area contributed by atoms with Crippen molar-refractivity contribution in [1.82, 2.24) is 15.1 Å². The molecular weight excluding hydrogens is 270 g/mol. The number of carbonyl (C=O) groups excluding carboxylic acids is 1. The Hall–Kier alpha value is -1.85. The van der Waals surface area contributed by atoms with Crippen molar-refractivity contribution in [1.29, 1.82) is 0 Å². The molecule has 0 radical (unpaired) electrons. The zero-order chi connectivity index (χ0) is 15.6. The molecule has 1 aromatic rings. The van der Waals surface area contributed by atoms with E-state index in [1.807, 2.05) is 20.8 Å². The quantitative estimate of drug-likeness (QED) is 0.867. The highest BCUT2D eigenvalue weighted by Gasteiger charge is 2.48. The first-order valence-electron chi connectivity index (χ1n) is 7.46. The van der Waals surface area contributed by atoms with Crippen molar-refractivity contribution in [3.8, 4) is 0 Å². The molecule has 6 nitrogen and oxygen atoms in total. The first-order valence-corrected chi connectivity index (χ1v) is 7.46. The predicted molar refractivity (Wildman–Crippen MR) is 78.0 cm³/mol. The van der Waals surface area contributed by atoms with Gasteiger partial charge in [-0.25, -0.2) is 4.79 Å². The number of carbonyl (C=O) groups is 2. The molecule has 1 amide bonds. The Bertz CT molecular complexity index is 533. The van der Waals surface area contributed by atoms with E-state index in [9.17, 15) is 14.7 Å². The Kier molecular flexibility index (Phi) is 4.34. The van der Waals surface area contributed by atoms with E-state index in [0.29, 0.717) is 19.4 Å². The van der Waals surface area contributed by atoms with E-state index in [-0.39, 0.29) is 12.3 Å². The molecule has 2 heterocycles. The summed E-state index contributed by atoms with van der Waals surface area (Å²) < 4.78 is 0. The van der Waals surface area contributed by atoms with Gasteiger partial charge in [0.25, 0.3) is 0 Å². The third-order valence-corrected chi connectivity index (χ3v) is 4.46. The first-order chi connectivity index (χ1) is 9.92. The van der Waals surface area contributed by atoms with Crippen molar-refractivity contribution in [2.24, 2.45) is 0 Å². The molecule has 21 heavy (non-hydrogen) atoms. The molecule has 1 unspecified atom stereocenters.